The van der Waals surface area contributed by atoms with E-state index < -0.39 is 11.7 Å². The van der Waals surface area contributed by atoms with E-state index in [1.54, 1.807) is 41.0 Å². The van der Waals surface area contributed by atoms with E-state index in [9.17, 15) is 13.2 Å². The van der Waals surface area contributed by atoms with Crippen molar-refractivity contribution < 1.29 is 22.5 Å². The minimum Gasteiger partial charge on any atom is -0.496 e. The third-order valence-electron chi connectivity index (χ3n) is 4.89. The van der Waals surface area contributed by atoms with Gasteiger partial charge in [-0.05, 0) is 37.3 Å². The van der Waals surface area contributed by atoms with Gasteiger partial charge in [-0.15, -0.1) is 0 Å². The predicted octanol–water partition coefficient (Wildman–Crippen LogP) is 6.77. The van der Waals surface area contributed by atoms with Crippen molar-refractivity contribution in [3.8, 4) is 11.7 Å². The number of fused-ring (bicyclic) bond motifs is 1. The van der Waals surface area contributed by atoms with Gasteiger partial charge >= 0.3 is 12.1 Å². The molecular weight excluding hydrogens is 479 g/mol. The molecule has 2 aromatic heterocycles. The van der Waals surface area contributed by atoms with Crippen LogP contribution in [0.2, 0.25) is 5.02 Å². The van der Waals surface area contributed by atoms with Crippen LogP contribution in [0, 0.1) is 6.92 Å². The summed E-state index contributed by atoms with van der Waals surface area (Å²) in [5.74, 6) is 1.74. The summed E-state index contributed by atoms with van der Waals surface area (Å²) in [5, 5.41) is 0.679. The minimum atomic E-state index is -4.42. The number of pyridine rings is 1. The quantitative estimate of drug-likeness (QED) is 0.236. The van der Waals surface area contributed by atoms with Crippen LogP contribution >= 0.6 is 33.2 Å². The fourth-order valence-corrected chi connectivity index (χ4v) is 5.88. The monoisotopic (exact) mass is 496 g/mol. The normalized spacial score (nSPS) is 11.8. The molecule has 2 heterocycles. The fourth-order valence-electron chi connectivity index (χ4n) is 3.23. The number of halogens is 4. The van der Waals surface area contributed by atoms with Crippen molar-refractivity contribution >= 4 is 44.2 Å². The van der Waals surface area contributed by atoms with Gasteiger partial charge in [0.15, 0.2) is 5.52 Å². The summed E-state index contributed by atoms with van der Waals surface area (Å²) in [6.45, 7) is 1.94. The Balaban J connectivity index is 1.69. The van der Waals surface area contributed by atoms with E-state index in [0.717, 1.165) is 34.0 Å². The molecule has 0 radical (unpaired) electrons. The molecule has 10 heteroatoms. The fraction of sp³-hybridized carbons (Fsp3) is 0.182. The summed E-state index contributed by atoms with van der Waals surface area (Å²) in [4.78, 5) is 8.48. The van der Waals surface area contributed by atoms with E-state index >= 15 is 0 Å². The Hall–Kier alpha value is -2.36. The largest absolute Gasteiger partial charge is 0.496 e. The number of benzene rings is 2. The first kappa shape index (κ1) is 22.8. The van der Waals surface area contributed by atoms with Crippen LogP contribution < -0.4 is 9.30 Å². The standard InChI is InChI=1S/C22H18ClF3N3OS2/c1-13-18(12-31-32-20-6-4-3-5-15(20)23)29(10-9-19(13)30-2)21-27-16-8-7-14(22(24,25)26)11-17(16)28-21/h3-11H,12H2,1-2H3,(H,27,28)/q+1. The molecule has 0 atom stereocenters. The molecule has 0 unspecified atom stereocenters. The maximum Gasteiger partial charge on any atom is 0.416 e. The topological polar surface area (TPSA) is 41.8 Å². The van der Waals surface area contributed by atoms with Crippen LogP contribution in [-0.2, 0) is 11.9 Å². The Kier molecular flexibility index (Phi) is 6.60. The lowest BCUT2D eigenvalue weighted by Gasteiger charge is -2.12. The number of aromatic nitrogens is 3. The molecule has 166 valence electrons. The molecule has 4 aromatic rings. The van der Waals surface area contributed by atoms with E-state index in [0.29, 0.717) is 27.8 Å². The molecule has 0 amide bonds. The molecule has 2 aromatic carbocycles. The third-order valence-corrected chi connectivity index (χ3v) is 7.63. The zero-order valence-electron chi connectivity index (χ0n) is 17.0. The number of methoxy groups -OCH3 is 1. The van der Waals surface area contributed by atoms with Crippen LogP contribution in [-0.4, -0.2) is 17.1 Å². The van der Waals surface area contributed by atoms with Crippen LogP contribution in [0.25, 0.3) is 17.0 Å². The van der Waals surface area contributed by atoms with E-state index in [1.807, 2.05) is 35.8 Å². The van der Waals surface area contributed by atoms with Crippen LogP contribution in [0.15, 0.2) is 59.6 Å². The number of hydrogen-bond acceptors (Lipinski definition) is 4. The van der Waals surface area contributed by atoms with Gasteiger partial charge in [-0.1, -0.05) is 50.3 Å². The summed E-state index contributed by atoms with van der Waals surface area (Å²) in [5.41, 5.74) is 1.88. The molecule has 0 saturated carbocycles. The van der Waals surface area contributed by atoms with E-state index in [2.05, 4.69) is 9.97 Å². The van der Waals surface area contributed by atoms with Crippen LogP contribution in [0.5, 0.6) is 5.75 Å². The molecule has 0 fully saturated rings. The number of nitrogens with one attached hydrogen (secondary N) is 1. The zero-order valence-corrected chi connectivity index (χ0v) is 19.4. The average molecular weight is 497 g/mol. The SMILES string of the molecule is COc1cc[n+](-c2nc3ccc(C(F)(F)F)cc3[nH]2)c(CSSc2ccccc2Cl)c1C. The summed E-state index contributed by atoms with van der Waals surface area (Å²) >= 11 is 6.25. The number of rotatable bonds is 6. The van der Waals surface area contributed by atoms with Crippen LogP contribution in [0.4, 0.5) is 13.2 Å². The van der Waals surface area contributed by atoms with Gasteiger partial charge in [-0.3, -0.25) is 0 Å². The number of aromatic amines is 1. The summed E-state index contributed by atoms with van der Waals surface area (Å²) in [7, 11) is 4.75. The highest BCUT2D eigenvalue weighted by molar-refractivity contribution is 8.76. The maximum absolute atomic E-state index is 13.1. The van der Waals surface area contributed by atoms with Gasteiger partial charge in [0.2, 0.25) is 0 Å². The first-order valence-electron chi connectivity index (χ1n) is 9.47. The molecule has 32 heavy (non-hydrogen) atoms. The van der Waals surface area contributed by atoms with Crippen molar-refractivity contribution in [2.24, 2.45) is 0 Å². The van der Waals surface area contributed by atoms with E-state index in [-0.39, 0.29) is 0 Å². The van der Waals surface area contributed by atoms with Gasteiger partial charge in [-0.25, -0.2) is 9.55 Å². The van der Waals surface area contributed by atoms with E-state index in [4.69, 9.17) is 16.3 Å². The van der Waals surface area contributed by atoms with Gasteiger partial charge in [-0.2, -0.15) is 13.2 Å². The van der Waals surface area contributed by atoms with Crippen molar-refractivity contribution in [2.75, 3.05) is 7.11 Å². The summed E-state index contributed by atoms with van der Waals surface area (Å²) < 4.78 is 46.6. The number of hydrogen-bond donors (Lipinski definition) is 1. The number of imidazole rings is 1. The average Bonchev–Trinajstić information content (AvgIpc) is 3.18. The maximum atomic E-state index is 13.1. The molecule has 0 spiro atoms. The van der Waals surface area contributed by atoms with E-state index in [1.165, 1.54) is 6.07 Å². The Morgan fingerprint density at radius 1 is 1.16 bits per heavy atom. The molecule has 0 aliphatic carbocycles. The number of ether oxygens (including phenoxy) is 1. The smallest absolute Gasteiger partial charge is 0.416 e. The molecule has 4 nitrogen and oxygen atoms in total. The zero-order chi connectivity index (χ0) is 22.9. The lowest BCUT2D eigenvalue weighted by atomic mass is 10.2. The molecule has 0 saturated heterocycles. The Labute approximate surface area is 195 Å². The lowest BCUT2D eigenvalue weighted by molar-refractivity contribution is -0.610. The first-order valence-corrected chi connectivity index (χ1v) is 12.2. The Morgan fingerprint density at radius 3 is 2.66 bits per heavy atom. The predicted molar refractivity (Wildman–Crippen MR) is 123 cm³/mol. The number of nitrogens with zero attached hydrogens (tertiary/aromatic N) is 2. The van der Waals surface area contributed by atoms with Crippen molar-refractivity contribution in [3.63, 3.8) is 0 Å². The molecule has 0 bridgehead atoms. The van der Waals surface area contributed by atoms with Crippen LogP contribution in [0.3, 0.4) is 0 Å². The van der Waals surface area contributed by atoms with Gasteiger partial charge in [0.25, 0.3) is 0 Å². The van der Waals surface area contributed by atoms with Gasteiger partial charge in [0, 0.05) is 16.5 Å². The highest BCUT2D eigenvalue weighted by Gasteiger charge is 2.32. The molecule has 0 aliphatic heterocycles. The molecule has 4 rings (SSSR count). The minimum absolute atomic E-state index is 0.319. The lowest BCUT2D eigenvalue weighted by Crippen LogP contribution is -2.37. The van der Waals surface area contributed by atoms with Crippen molar-refractivity contribution in [2.45, 2.75) is 23.7 Å². The highest BCUT2D eigenvalue weighted by atomic mass is 35.5. The highest BCUT2D eigenvalue weighted by Crippen LogP contribution is 2.38. The van der Waals surface area contributed by atoms with Crippen molar-refractivity contribution in [1.82, 2.24) is 9.97 Å². The van der Waals surface area contributed by atoms with Crippen molar-refractivity contribution in [1.29, 1.82) is 0 Å². The van der Waals surface area contributed by atoms with Crippen molar-refractivity contribution in [3.05, 3.63) is 76.6 Å². The summed E-state index contributed by atoms with van der Waals surface area (Å²) in [6.07, 6.45) is -2.62. The molecule has 0 aliphatic rings. The second-order valence-corrected chi connectivity index (χ2v) is 9.64. The first-order chi connectivity index (χ1) is 15.3. The summed E-state index contributed by atoms with van der Waals surface area (Å²) in [6, 6.07) is 12.9. The Morgan fingerprint density at radius 2 is 1.94 bits per heavy atom. The second kappa shape index (κ2) is 9.25. The van der Waals surface area contributed by atoms with Gasteiger partial charge < -0.3 is 4.74 Å². The number of alkyl halides is 3. The molecular formula is C22H18ClF3N3OS2+. The van der Waals surface area contributed by atoms with Crippen LogP contribution in [0.1, 0.15) is 16.8 Å². The number of H-pyrrole nitrogens is 1. The second-order valence-electron chi connectivity index (χ2n) is 6.89. The Bertz CT molecular complexity index is 1280. The van der Waals surface area contributed by atoms with Gasteiger partial charge in [0.1, 0.15) is 17.0 Å². The molecule has 1 N–H and O–H groups in total. The van der Waals surface area contributed by atoms with Gasteiger partial charge in [0.05, 0.1) is 29.6 Å². The third kappa shape index (κ3) is 4.69.